The molecule has 0 saturated carbocycles. The molecular weight excluding hydrogens is 377 g/mol. The summed E-state index contributed by atoms with van der Waals surface area (Å²) in [7, 11) is 0. The van der Waals surface area contributed by atoms with Gasteiger partial charge in [-0.3, -0.25) is 9.36 Å². The quantitative estimate of drug-likeness (QED) is 0.503. The zero-order valence-electron chi connectivity index (χ0n) is 12.8. The minimum Gasteiger partial charge on any atom is -0.293 e. The highest BCUT2D eigenvalue weighted by Crippen LogP contribution is 2.26. The van der Waals surface area contributed by atoms with Crippen LogP contribution in [0.1, 0.15) is 4.88 Å². The molecule has 0 N–H and O–H groups in total. The third-order valence-electron chi connectivity index (χ3n) is 3.75. The number of aromatic nitrogens is 3. The summed E-state index contributed by atoms with van der Waals surface area (Å²) in [5, 5.41) is 2.12. The molecule has 0 bridgehead atoms. The lowest BCUT2D eigenvalue weighted by atomic mass is 10.2. The highest BCUT2D eigenvalue weighted by Gasteiger charge is 2.11. The molecular formula is C18H11Cl2N3OS. The third kappa shape index (κ3) is 3.18. The second-order valence-electron chi connectivity index (χ2n) is 5.46. The van der Waals surface area contributed by atoms with E-state index in [4.69, 9.17) is 23.2 Å². The van der Waals surface area contributed by atoms with Crippen LogP contribution in [-0.4, -0.2) is 14.5 Å². The zero-order valence-corrected chi connectivity index (χ0v) is 15.1. The maximum Gasteiger partial charge on any atom is 0.261 e. The summed E-state index contributed by atoms with van der Waals surface area (Å²) in [6.45, 7) is 0.399. The van der Waals surface area contributed by atoms with E-state index in [1.54, 1.807) is 29.7 Å². The number of benzene rings is 2. The van der Waals surface area contributed by atoms with E-state index in [1.807, 2.05) is 30.3 Å². The lowest BCUT2D eigenvalue weighted by Gasteiger charge is -2.06. The molecule has 0 saturated heterocycles. The monoisotopic (exact) mass is 387 g/mol. The molecule has 0 radical (unpaired) electrons. The first-order valence-electron chi connectivity index (χ1n) is 7.46. The Labute approximate surface area is 157 Å². The van der Waals surface area contributed by atoms with Crippen molar-refractivity contribution in [3.05, 3.63) is 80.3 Å². The van der Waals surface area contributed by atoms with Crippen molar-refractivity contribution in [1.82, 2.24) is 14.5 Å². The fraction of sp³-hybridized carbons (Fsp3) is 0.0556. The van der Waals surface area contributed by atoms with Crippen molar-refractivity contribution in [1.29, 1.82) is 0 Å². The molecule has 2 aromatic heterocycles. The van der Waals surface area contributed by atoms with Gasteiger partial charge >= 0.3 is 0 Å². The van der Waals surface area contributed by atoms with Gasteiger partial charge < -0.3 is 0 Å². The number of fused-ring (bicyclic) bond motifs is 1. The van der Waals surface area contributed by atoms with Gasteiger partial charge in [-0.05, 0) is 12.1 Å². The maximum atomic E-state index is 12.7. The van der Waals surface area contributed by atoms with E-state index in [-0.39, 0.29) is 5.56 Å². The zero-order chi connectivity index (χ0) is 17.4. The van der Waals surface area contributed by atoms with Crippen molar-refractivity contribution in [3.63, 3.8) is 0 Å². The van der Waals surface area contributed by atoms with Crippen molar-refractivity contribution in [2.75, 3.05) is 0 Å². The number of halogens is 2. The van der Waals surface area contributed by atoms with Crippen LogP contribution in [0.4, 0.5) is 0 Å². The molecule has 0 aliphatic rings. The van der Waals surface area contributed by atoms with Gasteiger partial charge in [0.05, 0.1) is 28.8 Å². The number of hydrogen-bond donors (Lipinski definition) is 0. The van der Waals surface area contributed by atoms with Gasteiger partial charge in [-0.25, -0.2) is 9.97 Å². The lowest BCUT2D eigenvalue weighted by molar-refractivity contribution is 0.757. The Hall–Kier alpha value is -2.21. The first-order chi connectivity index (χ1) is 12.1. The van der Waals surface area contributed by atoms with Crippen LogP contribution in [0.3, 0.4) is 0 Å². The average molecular weight is 388 g/mol. The molecule has 0 atom stereocenters. The van der Waals surface area contributed by atoms with Crippen LogP contribution in [0, 0.1) is 0 Å². The van der Waals surface area contributed by atoms with E-state index in [0.29, 0.717) is 27.5 Å². The molecule has 0 fully saturated rings. The van der Waals surface area contributed by atoms with Crippen molar-refractivity contribution in [3.8, 4) is 10.6 Å². The minimum atomic E-state index is -0.177. The number of rotatable bonds is 3. The standard InChI is InChI=1S/C18H11Cl2N3OS/c19-12-6-14-16(15(20)7-12)22-10-23(18(14)24)9-13-8-21-17(25-13)11-4-2-1-3-5-11/h1-8,10H,9H2. The van der Waals surface area contributed by atoms with Gasteiger partial charge in [0.15, 0.2) is 0 Å². The summed E-state index contributed by atoms with van der Waals surface area (Å²) in [5.41, 5.74) is 1.34. The molecule has 4 rings (SSSR count). The highest BCUT2D eigenvalue weighted by atomic mass is 35.5. The highest BCUT2D eigenvalue weighted by molar-refractivity contribution is 7.15. The van der Waals surface area contributed by atoms with E-state index >= 15 is 0 Å². The van der Waals surface area contributed by atoms with Crippen LogP contribution >= 0.6 is 34.5 Å². The van der Waals surface area contributed by atoms with Crippen LogP contribution < -0.4 is 5.56 Å². The molecule has 124 valence electrons. The van der Waals surface area contributed by atoms with Gasteiger partial charge in [-0.1, -0.05) is 53.5 Å². The van der Waals surface area contributed by atoms with Crippen molar-refractivity contribution < 1.29 is 0 Å². The molecule has 4 nitrogen and oxygen atoms in total. The van der Waals surface area contributed by atoms with Crippen molar-refractivity contribution in [2.45, 2.75) is 6.54 Å². The van der Waals surface area contributed by atoms with Gasteiger partial charge in [0.1, 0.15) is 5.01 Å². The van der Waals surface area contributed by atoms with Gasteiger partial charge in [0, 0.05) is 21.7 Å². The Kier molecular flexibility index (Phi) is 4.29. The van der Waals surface area contributed by atoms with Crippen LogP contribution in [0.2, 0.25) is 10.0 Å². The van der Waals surface area contributed by atoms with Gasteiger partial charge in [-0.2, -0.15) is 0 Å². The summed E-state index contributed by atoms with van der Waals surface area (Å²) in [6.07, 6.45) is 3.29. The van der Waals surface area contributed by atoms with Crippen molar-refractivity contribution >= 4 is 45.4 Å². The lowest BCUT2D eigenvalue weighted by Crippen LogP contribution is -2.20. The van der Waals surface area contributed by atoms with Crippen LogP contribution in [0.15, 0.2) is 59.8 Å². The first kappa shape index (κ1) is 16.3. The fourth-order valence-corrected chi connectivity index (χ4v) is 4.03. The van der Waals surface area contributed by atoms with E-state index in [9.17, 15) is 4.79 Å². The number of hydrogen-bond acceptors (Lipinski definition) is 4. The fourth-order valence-electron chi connectivity index (χ4n) is 2.57. The molecule has 0 aliphatic heterocycles. The summed E-state index contributed by atoms with van der Waals surface area (Å²) >= 11 is 13.7. The second kappa shape index (κ2) is 6.59. The van der Waals surface area contributed by atoms with Crippen LogP contribution in [-0.2, 0) is 6.54 Å². The largest absolute Gasteiger partial charge is 0.293 e. The average Bonchev–Trinajstić information content (AvgIpc) is 3.07. The molecule has 0 spiro atoms. The number of thiazole rings is 1. The summed E-state index contributed by atoms with van der Waals surface area (Å²) in [4.78, 5) is 22.4. The summed E-state index contributed by atoms with van der Waals surface area (Å²) < 4.78 is 1.54. The topological polar surface area (TPSA) is 47.8 Å². The third-order valence-corrected chi connectivity index (χ3v) is 5.28. The normalized spacial score (nSPS) is 11.1. The van der Waals surface area contributed by atoms with E-state index in [1.165, 1.54) is 10.9 Å². The SMILES string of the molecule is O=c1c2cc(Cl)cc(Cl)c2ncn1Cc1cnc(-c2ccccc2)s1. The molecule has 2 heterocycles. The van der Waals surface area contributed by atoms with E-state index in [2.05, 4.69) is 9.97 Å². The van der Waals surface area contributed by atoms with E-state index in [0.717, 1.165) is 15.4 Å². The Morgan fingerprint density at radius 3 is 2.68 bits per heavy atom. The van der Waals surface area contributed by atoms with Gasteiger partial charge in [0.25, 0.3) is 5.56 Å². The Morgan fingerprint density at radius 2 is 1.88 bits per heavy atom. The van der Waals surface area contributed by atoms with Gasteiger partial charge in [-0.15, -0.1) is 11.3 Å². The molecule has 0 unspecified atom stereocenters. The number of nitrogens with zero attached hydrogens (tertiary/aromatic N) is 3. The molecule has 25 heavy (non-hydrogen) atoms. The molecule has 0 amide bonds. The molecule has 7 heteroatoms. The minimum absolute atomic E-state index is 0.177. The molecule has 0 aliphatic carbocycles. The predicted molar refractivity (Wildman–Crippen MR) is 103 cm³/mol. The maximum absolute atomic E-state index is 12.7. The van der Waals surface area contributed by atoms with E-state index < -0.39 is 0 Å². The smallest absolute Gasteiger partial charge is 0.261 e. The molecule has 4 aromatic rings. The summed E-state index contributed by atoms with van der Waals surface area (Å²) in [6, 6.07) is 13.1. The van der Waals surface area contributed by atoms with Crippen molar-refractivity contribution in [2.24, 2.45) is 0 Å². The Morgan fingerprint density at radius 1 is 1.08 bits per heavy atom. The summed E-state index contributed by atoms with van der Waals surface area (Å²) in [5.74, 6) is 0. The van der Waals surface area contributed by atoms with Crippen LogP contribution in [0.25, 0.3) is 21.5 Å². The second-order valence-corrected chi connectivity index (χ2v) is 7.42. The molecule has 2 aromatic carbocycles. The Bertz CT molecular complexity index is 1120. The van der Waals surface area contributed by atoms with Gasteiger partial charge in [0.2, 0.25) is 0 Å². The van der Waals surface area contributed by atoms with Crippen LogP contribution in [0.5, 0.6) is 0 Å². The first-order valence-corrected chi connectivity index (χ1v) is 9.03. The Balaban J connectivity index is 1.71. The predicted octanol–water partition coefficient (Wildman–Crippen LogP) is 4.88.